The van der Waals surface area contributed by atoms with Gasteiger partial charge in [0.2, 0.25) is 0 Å². The van der Waals surface area contributed by atoms with Crippen molar-refractivity contribution >= 4 is 5.78 Å². The molecule has 0 aromatic rings. The molecule has 0 N–H and O–H groups in total. The summed E-state index contributed by atoms with van der Waals surface area (Å²) in [6.45, 7) is 0.223. The Morgan fingerprint density at radius 2 is 1.93 bits per heavy atom. The standard InChI is InChI=1S/C9H15F3O2/c1-2-3-4-5-8(13)6-14-7-9(10,11)12/h2-7H2,1H3. The molecule has 0 bridgehead atoms. The first kappa shape index (κ1) is 13.4. The van der Waals surface area contributed by atoms with Crippen molar-refractivity contribution in [2.75, 3.05) is 13.2 Å². The fraction of sp³-hybridized carbons (Fsp3) is 0.889. The Morgan fingerprint density at radius 3 is 2.43 bits per heavy atom. The monoisotopic (exact) mass is 212 g/mol. The van der Waals surface area contributed by atoms with E-state index in [2.05, 4.69) is 4.74 Å². The predicted octanol–water partition coefficient (Wildman–Crippen LogP) is 2.71. The second-order valence-electron chi connectivity index (χ2n) is 3.10. The van der Waals surface area contributed by atoms with Gasteiger partial charge in [0.1, 0.15) is 13.2 Å². The summed E-state index contributed by atoms with van der Waals surface area (Å²) in [5.41, 5.74) is 0. The number of Topliss-reactive ketones (excluding diaryl/α,β-unsaturated/α-hetero) is 1. The summed E-state index contributed by atoms with van der Waals surface area (Å²) in [5.74, 6) is -0.261. The normalized spacial score (nSPS) is 11.7. The van der Waals surface area contributed by atoms with Crippen molar-refractivity contribution in [2.24, 2.45) is 0 Å². The Morgan fingerprint density at radius 1 is 1.29 bits per heavy atom. The molecule has 0 spiro atoms. The summed E-state index contributed by atoms with van der Waals surface area (Å²) in [7, 11) is 0. The number of hydrogen-bond donors (Lipinski definition) is 0. The molecule has 2 nitrogen and oxygen atoms in total. The number of carbonyl (C=O) groups is 1. The van der Waals surface area contributed by atoms with Crippen LogP contribution >= 0.6 is 0 Å². The third-order valence-corrected chi connectivity index (χ3v) is 1.59. The molecular formula is C9H15F3O2. The highest BCUT2D eigenvalue weighted by atomic mass is 19.4. The van der Waals surface area contributed by atoms with Gasteiger partial charge < -0.3 is 4.74 Å². The van der Waals surface area contributed by atoms with E-state index in [-0.39, 0.29) is 5.78 Å². The first-order valence-electron chi connectivity index (χ1n) is 4.62. The number of carbonyl (C=O) groups excluding carboxylic acids is 1. The minimum atomic E-state index is -4.34. The van der Waals surface area contributed by atoms with Gasteiger partial charge in [0.25, 0.3) is 0 Å². The van der Waals surface area contributed by atoms with Crippen molar-refractivity contribution in [3.63, 3.8) is 0 Å². The Bertz CT molecular complexity index is 166. The molecule has 0 aromatic heterocycles. The van der Waals surface area contributed by atoms with Crippen LogP contribution in [0.3, 0.4) is 0 Å². The van der Waals surface area contributed by atoms with Crippen molar-refractivity contribution in [3.8, 4) is 0 Å². The van der Waals surface area contributed by atoms with Crippen molar-refractivity contribution in [1.29, 1.82) is 0 Å². The maximum absolute atomic E-state index is 11.6. The Kier molecular flexibility index (Phi) is 6.53. The lowest BCUT2D eigenvalue weighted by molar-refractivity contribution is -0.175. The third-order valence-electron chi connectivity index (χ3n) is 1.59. The second kappa shape index (κ2) is 6.81. The highest BCUT2D eigenvalue weighted by Crippen LogP contribution is 2.14. The lowest BCUT2D eigenvalue weighted by Crippen LogP contribution is -2.20. The molecule has 0 saturated carbocycles. The maximum Gasteiger partial charge on any atom is 0.411 e. The predicted molar refractivity (Wildman–Crippen MR) is 46.0 cm³/mol. The number of hydrogen-bond acceptors (Lipinski definition) is 2. The fourth-order valence-electron chi connectivity index (χ4n) is 0.925. The third kappa shape index (κ3) is 9.51. The Labute approximate surface area is 81.4 Å². The Balaban J connectivity index is 3.36. The zero-order valence-electron chi connectivity index (χ0n) is 8.19. The van der Waals surface area contributed by atoms with Gasteiger partial charge in [0.15, 0.2) is 5.78 Å². The van der Waals surface area contributed by atoms with Crippen LogP contribution in [-0.4, -0.2) is 25.2 Å². The topological polar surface area (TPSA) is 26.3 Å². The first-order chi connectivity index (χ1) is 6.45. The van der Waals surface area contributed by atoms with Gasteiger partial charge in [-0.25, -0.2) is 0 Å². The minimum absolute atomic E-state index is 0.261. The van der Waals surface area contributed by atoms with Crippen molar-refractivity contribution in [2.45, 2.75) is 38.8 Å². The van der Waals surface area contributed by atoms with E-state index in [0.717, 1.165) is 19.3 Å². The van der Waals surface area contributed by atoms with Crippen LogP contribution in [0, 0.1) is 0 Å². The van der Waals surface area contributed by atoms with E-state index in [1.807, 2.05) is 6.92 Å². The van der Waals surface area contributed by atoms with Crippen molar-refractivity contribution < 1.29 is 22.7 Å². The SMILES string of the molecule is CCCCCC(=O)COCC(F)(F)F. The zero-order chi connectivity index (χ0) is 11.0. The molecule has 84 valence electrons. The van der Waals surface area contributed by atoms with Gasteiger partial charge in [-0.3, -0.25) is 4.79 Å². The second-order valence-corrected chi connectivity index (χ2v) is 3.10. The molecule has 0 aliphatic rings. The molecule has 0 radical (unpaired) electrons. The Hall–Kier alpha value is -0.580. The van der Waals surface area contributed by atoms with E-state index in [0.29, 0.717) is 6.42 Å². The number of halogens is 3. The molecule has 0 aromatic carbocycles. The molecule has 0 aliphatic carbocycles. The fourth-order valence-corrected chi connectivity index (χ4v) is 0.925. The lowest BCUT2D eigenvalue weighted by Gasteiger charge is -2.06. The van der Waals surface area contributed by atoms with E-state index in [1.54, 1.807) is 0 Å². The van der Waals surface area contributed by atoms with Gasteiger partial charge in [-0.15, -0.1) is 0 Å². The highest BCUT2D eigenvalue weighted by molar-refractivity contribution is 5.79. The summed E-state index contributed by atoms with van der Waals surface area (Å²) < 4.78 is 38.9. The summed E-state index contributed by atoms with van der Waals surface area (Å²) in [6.07, 6.45) is -1.40. The van der Waals surface area contributed by atoms with E-state index in [4.69, 9.17) is 0 Å². The first-order valence-corrected chi connectivity index (χ1v) is 4.62. The average molecular weight is 212 g/mol. The largest absolute Gasteiger partial charge is 0.411 e. The molecular weight excluding hydrogens is 197 g/mol. The molecule has 0 heterocycles. The molecule has 0 fully saturated rings. The number of ether oxygens (including phenoxy) is 1. The average Bonchev–Trinajstić information content (AvgIpc) is 2.02. The smallest absolute Gasteiger partial charge is 0.364 e. The van der Waals surface area contributed by atoms with E-state index in [9.17, 15) is 18.0 Å². The van der Waals surface area contributed by atoms with Crippen molar-refractivity contribution in [1.82, 2.24) is 0 Å². The summed E-state index contributed by atoms with van der Waals surface area (Å²) in [5, 5.41) is 0. The highest BCUT2D eigenvalue weighted by Gasteiger charge is 2.27. The van der Waals surface area contributed by atoms with Crippen LogP contribution in [0.2, 0.25) is 0 Å². The van der Waals surface area contributed by atoms with Gasteiger partial charge in [-0.05, 0) is 6.42 Å². The van der Waals surface area contributed by atoms with E-state index in [1.165, 1.54) is 0 Å². The molecule has 0 unspecified atom stereocenters. The molecule has 0 amide bonds. The van der Waals surface area contributed by atoms with E-state index < -0.39 is 19.4 Å². The minimum Gasteiger partial charge on any atom is -0.364 e. The maximum atomic E-state index is 11.6. The van der Waals surface area contributed by atoms with Gasteiger partial charge in [0, 0.05) is 6.42 Å². The molecule has 5 heteroatoms. The summed E-state index contributed by atoms with van der Waals surface area (Å²) in [4.78, 5) is 10.9. The van der Waals surface area contributed by atoms with Gasteiger partial charge in [-0.1, -0.05) is 19.8 Å². The van der Waals surface area contributed by atoms with Gasteiger partial charge >= 0.3 is 6.18 Å². The van der Waals surface area contributed by atoms with Crippen LogP contribution in [0.15, 0.2) is 0 Å². The molecule has 0 aliphatic heterocycles. The number of unbranched alkanes of at least 4 members (excludes halogenated alkanes) is 2. The van der Waals surface area contributed by atoms with Crippen LogP contribution < -0.4 is 0 Å². The molecule has 0 rings (SSSR count). The van der Waals surface area contributed by atoms with Gasteiger partial charge in [-0.2, -0.15) is 13.2 Å². The van der Waals surface area contributed by atoms with Gasteiger partial charge in [0.05, 0.1) is 0 Å². The summed E-state index contributed by atoms with van der Waals surface area (Å²) in [6, 6.07) is 0. The quantitative estimate of drug-likeness (QED) is 0.606. The van der Waals surface area contributed by atoms with Crippen LogP contribution in [0.25, 0.3) is 0 Å². The molecule has 0 saturated heterocycles. The zero-order valence-corrected chi connectivity index (χ0v) is 8.19. The summed E-state index contributed by atoms with van der Waals surface area (Å²) >= 11 is 0. The van der Waals surface area contributed by atoms with Crippen LogP contribution in [-0.2, 0) is 9.53 Å². The number of ketones is 1. The molecule has 0 atom stereocenters. The van der Waals surface area contributed by atoms with E-state index >= 15 is 0 Å². The van der Waals surface area contributed by atoms with Crippen molar-refractivity contribution in [3.05, 3.63) is 0 Å². The number of alkyl halides is 3. The van der Waals surface area contributed by atoms with Crippen LogP contribution in [0.5, 0.6) is 0 Å². The molecule has 14 heavy (non-hydrogen) atoms. The lowest BCUT2D eigenvalue weighted by atomic mass is 10.1. The van der Waals surface area contributed by atoms with Crippen LogP contribution in [0.4, 0.5) is 13.2 Å². The van der Waals surface area contributed by atoms with Crippen LogP contribution in [0.1, 0.15) is 32.6 Å². The number of rotatable bonds is 7.